The molecule has 4 heteroatoms. The van der Waals surface area contributed by atoms with E-state index in [1.165, 1.54) is 0 Å². The van der Waals surface area contributed by atoms with Crippen LogP contribution in [0.4, 0.5) is 4.79 Å². The van der Waals surface area contributed by atoms with E-state index in [2.05, 4.69) is 17.6 Å². The summed E-state index contributed by atoms with van der Waals surface area (Å²) in [4.78, 5) is 11.1. The standard InChI is InChI=1S/C9H20N2O2/c1-4-5-6-10-9(12)11-7-8(2)13-3/h8H,4-7H2,1-3H3,(H2,10,11,12). The van der Waals surface area contributed by atoms with Crippen LogP contribution >= 0.6 is 0 Å². The molecule has 2 amide bonds. The van der Waals surface area contributed by atoms with Gasteiger partial charge >= 0.3 is 6.03 Å². The number of carbonyl (C=O) groups excluding carboxylic acids is 1. The number of methoxy groups -OCH3 is 1. The van der Waals surface area contributed by atoms with Gasteiger partial charge in [0, 0.05) is 20.2 Å². The summed E-state index contributed by atoms with van der Waals surface area (Å²) in [5.41, 5.74) is 0. The molecule has 2 N–H and O–H groups in total. The molecule has 0 spiro atoms. The molecule has 1 atom stereocenters. The Morgan fingerprint density at radius 1 is 1.46 bits per heavy atom. The first-order chi connectivity index (χ1) is 6.20. The van der Waals surface area contributed by atoms with Crippen LogP contribution in [0.2, 0.25) is 0 Å². The number of ether oxygens (including phenoxy) is 1. The second kappa shape index (κ2) is 7.86. The van der Waals surface area contributed by atoms with Gasteiger partial charge in [-0.1, -0.05) is 13.3 Å². The van der Waals surface area contributed by atoms with Gasteiger partial charge in [-0.05, 0) is 13.3 Å². The molecule has 0 rings (SSSR count). The van der Waals surface area contributed by atoms with Crippen molar-refractivity contribution in [2.75, 3.05) is 20.2 Å². The second-order valence-corrected chi connectivity index (χ2v) is 3.04. The fourth-order valence-electron chi connectivity index (χ4n) is 0.761. The van der Waals surface area contributed by atoms with Crippen molar-refractivity contribution in [3.8, 4) is 0 Å². The molecule has 0 saturated heterocycles. The third-order valence-electron chi connectivity index (χ3n) is 1.77. The monoisotopic (exact) mass is 188 g/mol. The molecule has 0 saturated carbocycles. The van der Waals surface area contributed by atoms with Crippen molar-refractivity contribution in [1.82, 2.24) is 10.6 Å². The van der Waals surface area contributed by atoms with E-state index in [0.717, 1.165) is 19.4 Å². The summed E-state index contributed by atoms with van der Waals surface area (Å²) in [6, 6.07) is -0.114. The lowest BCUT2D eigenvalue weighted by molar-refractivity contribution is 0.118. The second-order valence-electron chi connectivity index (χ2n) is 3.04. The highest BCUT2D eigenvalue weighted by molar-refractivity contribution is 5.73. The fourth-order valence-corrected chi connectivity index (χ4v) is 0.761. The van der Waals surface area contributed by atoms with Gasteiger partial charge in [0.25, 0.3) is 0 Å². The molecule has 0 aromatic heterocycles. The van der Waals surface area contributed by atoms with Crippen LogP contribution in [0.3, 0.4) is 0 Å². The van der Waals surface area contributed by atoms with Gasteiger partial charge in [0.1, 0.15) is 0 Å². The first-order valence-electron chi connectivity index (χ1n) is 4.75. The molecule has 0 aromatic carbocycles. The summed E-state index contributed by atoms with van der Waals surface area (Å²) in [7, 11) is 1.63. The predicted octanol–water partition coefficient (Wildman–Crippen LogP) is 1.12. The van der Waals surface area contributed by atoms with Crippen LogP contribution in [-0.4, -0.2) is 32.3 Å². The Hall–Kier alpha value is -0.770. The number of hydrogen-bond acceptors (Lipinski definition) is 2. The molecular formula is C9H20N2O2. The maximum atomic E-state index is 11.1. The van der Waals surface area contributed by atoms with Crippen molar-refractivity contribution >= 4 is 6.03 Å². The van der Waals surface area contributed by atoms with Gasteiger partial charge < -0.3 is 15.4 Å². The topological polar surface area (TPSA) is 50.4 Å². The number of nitrogens with one attached hydrogen (secondary N) is 2. The molecule has 0 aliphatic rings. The first kappa shape index (κ1) is 12.2. The van der Waals surface area contributed by atoms with Crippen LogP contribution in [0.1, 0.15) is 26.7 Å². The number of hydrogen-bond donors (Lipinski definition) is 2. The van der Waals surface area contributed by atoms with E-state index in [9.17, 15) is 4.79 Å². The molecule has 13 heavy (non-hydrogen) atoms. The summed E-state index contributed by atoms with van der Waals surface area (Å²) >= 11 is 0. The predicted molar refractivity (Wildman–Crippen MR) is 52.8 cm³/mol. The van der Waals surface area contributed by atoms with Crippen molar-refractivity contribution in [3.63, 3.8) is 0 Å². The van der Waals surface area contributed by atoms with Crippen LogP contribution in [0.25, 0.3) is 0 Å². The Bertz CT molecular complexity index is 140. The molecule has 78 valence electrons. The molecule has 0 heterocycles. The summed E-state index contributed by atoms with van der Waals surface area (Å²) < 4.78 is 4.98. The molecule has 0 radical (unpaired) electrons. The van der Waals surface area contributed by atoms with E-state index < -0.39 is 0 Å². The van der Waals surface area contributed by atoms with Crippen molar-refractivity contribution in [1.29, 1.82) is 0 Å². The zero-order chi connectivity index (χ0) is 10.1. The van der Waals surface area contributed by atoms with E-state index in [-0.39, 0.29) is 12.1 Å². The van der Waals surface area contributed by atoms with Crippen molar-refractivity contribution in [2.45, 2.75) is 32.8 Å². The Balaban J connectivity index is 3.30. The minimum absolute atomic E-state index is 0.0666. The Labute approximate surface area is 80.0 Å². The lowest BCUT2D eigenvalue weighted by Crippen LogP contribution is -2.39. The smallest absolute Gasteiger partial charge is 0.314 e. The zero-order valence-corrected chi connectivity index (χ0v) is 8.72. The lowest BCUT2D eigenvalue weighted by atomic mass is 10.3. The highest BCUT2D eigenvalue weighted by Crippen LogP contribution is 1.84. The van der Waals surface area contributed by atoms with Crippen molar-refractivity contribution in [3.05, 3.63) is 0 Å². The maximum absolute atomic E-state index is 11.1. The Morgan fingerprint density at radius 3 is 2.69 bits per heavy atom. The summed E-state index contributed by atoms with van der Waals surface area (Å²) in [6.07, 6.45) is 2.18. The van der Waals surface area contributed by atoms with E-state index >= 15 is 0 Å². The largest absolute Gasteiger partial charge is 0.380 e. The minimum atomic E-state index is -0.114. The number of carbonyl (C=O) groups is 1. The van der Waals surface area contributed by atoms with Crippen LogP contribution in [0.15, 0.2) is 0 Å². The minimum Gasteiger partial charge on any atom is -0.380 e. The SMILES string of the molecule is CCCCNC(=O)NCC(C)OC. The number of amides is 2. The molecule has 0 fully saturated rings. The Kier molecular flexibility index (Phi) is 7.39. The highest BCUT2D eigenvalue weighted by atomic mass is 16.5. The van der Waals surface area contributed by atoms with Gasteiger partial charge in [0.2, 0.25) is 0 Å². The number of rotatable bonds is 6. The lowest BCUT2D eigenvalue weighted by Gasteiger charge is -2.11. The van der Waals surface area contributed by atoms with Crippen molar-refractivity contribution < 1.29 is 9.53 Å². The summed E-state index contributed by atoms with van der Waals surface area (Å²) in [6.45, 7) is 5.29. The normalized spacial score (nSPS) is 12.2. The molecule has 4 nitrogen and oxygen atoms in total. The first-order valence-corrected chi connectivity index (χ1v) is 4.75. The van der Waals surface area contributed by atoms with E-state index in [1.807, 2.05) is 6.92 Å². The molecule has 0 aromatic rings. The average Bonchev–Trinajstić information content (AvgIpc) is 2.14. The number of unbranched alkanes of at least 4 members (excludes halogenated alkanes) is 1. The maximum Gasteiger partial charge on any atom is 0.314 e. The average molecular weight is 188 g/mol. The van der Waals surface area contributed by atoms with Gasteiger partial charge in [-0.3, -0.25) is 0 Å². The van der Waals surface area contributed by atoms with Crippen LogP contribution < -0.4 is 10.6 Å². The van der Waals surface area contributed by atoms with E-state index in [1.54, 1.807) is 7.11 Å². The molecular weight excluding hydrogens is 168 g/mol. The molecule has 0 bridgehead atoms. The van der Waals surface area contributed by atoms with Crippen molar-refractivity contribution in [2.24, 2.45) is 0 Å². The van der Waals surface area contributed by atoms with Crippen LogP contribution in [0.5, 0.6) is 0 Å². The van der Waals surface area contributed by atoms with E-state index in [0.29, 0.717) is 6.54 Å². The van der Waals surface area contributed by atoms with Gasteiger partial charge in [0.05, 0.1) is 6.10 Å². The quantitative estimate of drug-likeness (QED) is 0.614. The fraction of sp³-hybridized carbons (Fsp3) is 0.889. The van der Waals surface area contributed by atoms with Gasteiger partial charge in [-0.25, -0.2) is 4.79 Å². The molecule has 0 aliphatic carbocycles. The van der Waals surface area contributed by atoms with Gasteiger partial charge in [-0.15, -0.1) is 0 Å². The third kappa shape index (κ3) is 7.59. The van der Waals surface area contributed by atoms with E-state index in [4.69, 9.17) is 4.74 Å². The van der Waals surface area contributed by atoms with Crippen LogP contribution in [-0.2, 0) is 4.74 Å². The Morgan fingerprint density at radius 2 is 2.15 bits per heavy atom. The van der Waals surface area contributed by atoms with Crippen LogP contribution in [0, 0.1) is 0 Å². The molecule has 0 aliphatic heterocycles. The highest BCUT2D eigenvalue weighted by Gasteiger charge is 2.02. The number of urea groups is 1. The van der Waals surface area contributed by atoms with Gasteiger partial charge in [-0.2, -0.15) is 0 Å². The zero-order valence-electron chi connectivity index (χ0n) is 8.72. The third-order valence-corrected chi connectivity index (χ3v) is 1.77. The summed E-state index contributed by atoms with van der Waals surface area (Å²) in [5.74, 6) is 0. The van der Waals surface area contributed by atoms with Gasteiger partial charge in [0.15, 0.2) is 0 Å². The summed E-state index contributed by atoms with van der Waals surface area (Å²) in [5, 5.41) is 5.47. The molecule has 1 unspecified atom stereocenters.